The number of aliphatic hydroxyl groups excluding tert-OH is 1. The number of hydrogen-bond donors (Lipinski definition) is 1. The highest BCUT2D eigenvalue weighted by molar-refractivity contribution is 6.26. The van der Waals surface area contributed by atoms with Crippen LogP contribution >= 0.6 is 11.6 Å². The number of halogens is 1. The summed E-state index contributed by atoms with van der Waals surface area (Å²) in [5.41, 5.74) is 1.81. The maximum atomic E-state index is 10.0. The smallest absolute Gasteiger partial charge is 0.120 e. The summed E-state index contributed by atoms with van der Waals surface area (Å²) in [6.45, 7) is 1.72. The van der Waals surface area contributed by atoms with Gasteiger partial charge in [0.1, 0.15) is 4.87 Å². The monoisotopic (exact) mass is 246 g/mol. The first-order valence-corrected chi connectivity index (χ1v) is 6.01. The van der Waals surface area contributed by atoms with Crippen molar-refractivity contribution in [1.82, 2.24) is 0 Å². The summed E-state index contributed by atoms with van der Waals surface area (Å²) < 4.78 is 0. The van der Waals surface area contributed by atoms with E-state index in [1.165, 1.54) is 0 Å². The fraction of sp³-hybridized carbons (Fsp3) is 0.200. The third-order valence-electron chi connectivity index (χ3n) is 2.96. The molecule has 88 valence electrons. The Morgan fingerprint density at radius 1 is 0.882 bits per heavy atom. The van der Waals surface area contributed by atoms with Gasteiger partial charge in [0, 0.05) is 0 Å². The molecule has 0 aromatic heterocycles. The van der Waals surface area contributed by atoms with E-state index in [2.05, 4.69) is 0 Å². The maximum absolute atomic E-state index is 10.0. The van der Waals surface area contributed by atoms with Crippen molar-refractivity contribution in [2.45, 2.75) is 17.9 Å². The topological polar surface area (TPSA) is 20.2 Å². The second-order valence-electron chi connectivity index (χ2n) is 4.12. The van der Waals surface area contributed by atoms with Crippen LogP contribution in [0.3, 0.4) is 0 Å². The maximum Gasteiger partial charge on any atom is 0.120 e. The summed E-state index contributed by atoms with van der Waals surface area (Å²) in [7, 11) is 0. The summed E-state index contributed by atoms with van der Waals surface area (Å²) in [5, 5.41) is 10.0. The molecule has 0 aliphatic rings. The van der Waals surface area contributed by atoms with Gasteiger partial charge in [-0.1, -0.05) is 60.7 Å². The Morgan fingerprint density at radius 3 is 1.53 bits per heavy atom. The number of hydrogen-bond acceptors (Lipinski definition) is 1. The summed E-state index contributed by atoms with van der Waals surface area (Å²) >= 11 is 6.67. The van der Waals surface area contributed by atoms with Crippen LogP contribution in [0, 0.1) is 0 Å². The molecule has 0 saturated carbocycles. The van der Waals surface area contributed by atoms with Gasteiger partial charge in [-0.15, -0.1) is 11.6 Å². The van der Waals surface area contributed by atoms with Gasteiger partial charge in [0.25, 0.3) is 0 Å². The Bertz CT molecular complexity index is 425. The summed E-state index contributed by atoms with van der Waals surface area (Å²) in [4.78, 5) is -0.886. The summed E-state index contributed by atoms with van der Waals surface area (Å²) in [6, 6.07) is 19.3. The van der Waals surface area contributed by atoms with Gasteiger partial charge in [-0.2, -0.15) is 0 Å². The van der Waals surface area contributed by atoms with E-state index in [9.17, 15) is 5.11 Å². The van der Waals surface area contributed by atoms with Gasteiger partial charge in [-0.05, 0) is 18.1 Å². The van der Waals surface area contributed by atoms with Crippen molar-refractivity contribution in [2.75, 3.05) is 0 Å². The molecule has 0 amide bonds. The molecule has 2 heteroatoms. The van der Waals surface area contributed by atoms with Gasteiger partial charge in [-0.25, -0.2) is 0 Å². The third-order valence-corrected chi connectivity index (χ3v) is 3.72. The fourth-order valence-corrected chi connectivity index (χ4v) is 2.26. The van der Waals surface area contributed by atoms with E-state index in [0.717, 1.165) is 11.1 Å². The molecule has 0 radical (unpaired) electrons. The molecule has 2 rings (SSSR count). The van der Waals surface area contributed by atoms with Crippen molar-refractivity contribution in [3.8, 4) is 0 Å². The molecule has 1 nitrogen and oxygen atoms in total. The first kappa shape index (κ1) is 12.2. The van der Waals surface area contributed by atoms with E-state index in [4.69, 9.17) is 11.6 Å². The molecule has 0 saturated heterocycles. The minimum atomic E-state index is -0.886. The Balaban J connectivity index is 2.55. The van der Waals surface area contributed by atoms with E-state index in [1.807, 2.05) is 60.7 Å². The van der Waals surface area contributed by atoms with Crippen LogP contribution in [-0.2, 0) is 4.87 Å². The third kappa shape index (κ3) is 2.21. The van der Waals surface area contributed by atoms with Crippen LogP contribution < -0.4 is 0 Å². The van der Waals surface area contributed by atoms with Gasteiger partial charge < -0.3 is 5.11 Å². The fourth-order valence-electron chi connectivity index (χ4n) is 2.01. The first-order chi connectivity index (χ1) is 8.15. The van der Waals surface area contributed by atoms with Crippen molar-refractivity contribution >= 4 is 11.6 Å². The summed E-state index contributed by atoms with van der Waals surface area (Å²) in [5.74, 6) is 0. The normalized spacial score (nSPS) is 13.4. The molecule has 0 aliphatic carbocycles. The van der Waals surface area contributed by atoms with E-state index < -0.39 is 11.0 Å². The molecule has 2 aromatic rings. The molecule has 0 heterocycles. The Kier molecular flexibility index (Phi) is 3.51. The van der Waals surface area contributed by atoms with Crippen molar-refractivity contribution in [3.63, 3.8) is 0 Å². The van der Waals surface area contributed by atoms with E-state index in [0.29, 0.717) is 0 Å². The first-order valence-electron chi connectivity index (χ1n) is 5.63. The molecule has 0 bridgehead atoms. The quantitative estimate of drug-likeness (QED) is 0.822. The standard InChI is InChI=1S/C15H15ClO/c1-12(17)15(16,13-8-4-2-5-9-13)14-10-6-3-7-11-14/h2-12,17H,1H3. The second kappa shape index (κ2) is 4.91. The Hall–Kier alpha value is -1.31. The summed E-state index contributed by atoms with van der Waals surface area (Å²) in [6.07, 6.45) is -0.672. The van der Waals surface area contributed by atoms with E-state index >= 15 is 0 Å². The molecule has 0 aliphatic heterocycles. The molecule has 2 aromatic carbocycles. The zero-order valence-corrected chi connectivity index (χ0v) is 10.4. The van der Waals surface area contributed by atoms with Crippen LogP contribution in [0.4, 0.5) is 0 Å². The molecule has 1 N–H and O–H groups in total. The van der Waals surface area contributed by atoms with Crippen LogP contribution in [0.15, 0.2) is 60.7 Å². The van der Waals surface area contributed by atoms with Crippen LogP contribution in [-0.4, -0.2) is 11.2 Å². The highest BCUT2D eigenvalue weighted by atomic mass is 35.5. The zero-order valence-electron chi connectivity index (χ0n) is 9.68. The molecule has 1 unspecified atom stereocenters. The average molecular weight is 247 g/mol. The molecule has 0 fully saturated rings. The zero-order chi connectivity index (χ0) is 12.3. The SMILES string of the molecule is CC(O)C(Cl)(c1ccccc1)c1ccccc1. The lowest BCUT2D eigenvalue weighted by Crippen LogP contribution is -2.33. The van der Waals surface area contributed by atoms with Gasteiger partial charge in [-0.3, -0.25) is 0 Å². The van der Waals surface area contributed by atoms with Crippen LogP contribution in [0.1, 0.15) is 18.1 Å². The van der Waals surface area contributed by atoms with Crippen molar-refractivity contribution in [3.05, 3.63) is 71.8 Å². The lowest BCUT2D eigenvalue weighted by Gasteiger charge is -2.31. The van der Waals surface area contributed by atoms with Crippen molar-refractivity contribution < 1.29 is 5.11 Å². The van der Waals surface area contributed by atoms with Gasteiger partial charge in [0.05, 0.1) is 6.10 Å². The van der Waals surface area contributed by atoms with Crippen LogP contribution in [0.2, 0.25) is 0 Å². The lowest BCUT2D eigenvalue weighted by atomic mass is 9.86. The predicted octanol–water partition coefficient (Wildman–Crippen LogP) is 3.55. The number of benzene rings is 2. The Labute approximate surface area is 107 Å². The predicted molar refractivity (Wildman–Crippen MR) is 71.2 cm³/mol. The second-order valence-corrected chi connectivity index (χ2v) is 4.72. The average Bonchev–Trinajstić information content (AvgIpc) is 2.39. The van der Waals surface area contributed by atoms with E-state index in [-0.39, 0.29) is 0 Å². The minimum Gasteiger partial charge on any atom is -0.391 e. The van der Waals surface area contributed by atoms with Gasteiger partial charge >= 0.3 is 0 Å². The highest BCUT2D eigenvalue weighted by Gasteiger charge is 2.36. The minimum absolute atomic E-state index is 0.672. The molecule has 1 atom stereocenters. The number of aliphatic hydroxyl groups is 1. The molecule has 17 heavy (non-hydrogen) atoms. The molecular weight excluding hydrogens is 232 g/mol. The van der Waals surface area contributed by atoms with Crippen molar-refractivity contribution in [1.29, 1.82) is 0 Å². The van der Waals surface area contributed by atoms with E-state index in [1.54, 1.807) is 6.92 Å². The Morgan fingerprint density at radius 2 is 1.24 bits per heavy atom. The molecular formula is C15H15ClO. The van der Waals surface area contributed by atoms with Crippen LogP contribution in [0.25, 0.3) is 0 Å². The van der Waals surface area contributed by atoms with Crippen LogP contribution in [0.5, 0.6) is 0 Å². The largest absolute Gasteiger partial charge is 0.391 e. The van der Waals surface area contributed by atoms with Crippen molar-refractivity contribution in [2.24, 2.45) is 0 Å². The lowest BCUT2D eigenvalue weighted by molar-refractivity contribution is 0.159. The number of rotatable bonds is 3. The molecule has 0 spiro atoms. The van der Waals surface area contributed by atoms with Gasteiger partial charge in [0.2, 0.25) is 0 Å². The number of alkyl halides is 1. The highest BCUT2D eigenvalue weighted by Crippen LogP contribution is 2.39. The van der Waals surface area contributed by atoms with Gasteiger partial charge in [0.15, 0.2) is 0 Å².